The molecule has 1 aliphatic rings. The Labute approximate surface area is 168 Å². The maximum atomic E-state index is 12.8. The lowest BCUT2D eigenvalue weighted by Gasteiger charge is -2.24. The van der Waals surface area contributed by atoms with Gasteiger partial charge in [0.1, 0.15) is 17.6 Å². The molecule has 3 N–H and O–H groups in total. The molecule has 0 radical (unpaired) electrons. The number of anilines is 1. The smallest absolute Gasteiger partial charge is 0.322 e. The van der Waals surface area contributed by atoms with Crippen LogP contribution >= 0.6 is 0 Å². The fourth-order valence-corrected chi connectivity index (χ4v) is 3.04. The molecular weight excluding hydrogens is 378 g/mol. The highest BCUT2D eigenvalue weighted by Gasteiger charge is 2.27. The number of fused-ring (bicyclic) bond motifs is 1. The number of amides is 3. The number of nitrogens with one attached hydrogen (secondary N) is 2. The van der Waals surface area contributed by atoms with E-state index in [9.17, 15) is 9.59 Å². The van der Waals surface area contributed by atoms with Crippen LogP contribution in [0.4, 0.5) is 10.5 Å². The summed E-state index contributed by atoms with van der Waals surface area (Å²) >= 11 is 0. The van der Waals surface area contributed by atoms with Crippen molar-refractivity contribution in [2.75, 3.05) is 32.7 Å². The van der Waals surface area contributed by atoms with Gasteiger partial charge in [-0.25, -0.2) is 10.3 Å². The summed E-state index contributed by atoms with van der Waals surface area (Å²) in [6.07, 6.45) is -0.421. The van der Waals surface area contributed by atoms with Crippen LogP contribution in [0.2, 0.25) is 0 Å². The average molecular weight is 401 g/mol. The fourth-order valence-electron chi connectivity index (χ4n) is 3.04. The van der Waals surface area contributed by atoms with Crippen molar-refractivity contribution >= 4 is 17.6 Å². The molecule has 0 aromatic heterocycles. The summed E-state index contributed by atoms with van der Waals surface area (Å²) in [5.74, 6) is 0.522. The Morgan fingerprint density at radius 3 is 2.62 bits per heavy atom. The third-order valence-corrected chi connectivity index (χ3v) is 4.49. The number of hydrogen-bond acceptors (Lipinski definition) is 6. The minimum Gasteiger partial charge on any atom is -0.497 e. The molecule has 3 rings (SSSR count). The van der Waals surface area contributed by atoms with Gasteiger partial charge in [0, 0.05) is 23.9 Å². The van der Waals surface area contributed by atoms with E-state index in [0.717, 1.165) is 5.56 Å². The number of hydroxylamine groups is 1. The number of hydrogen-bond donors (Lipinski definition) is 3. The number of ether oxygens (including phenoxy) is 3. The zero-order valence-corrected chi connectivity index (χ0v) is 16.2. The van der Waals surface area contributed by atoms with Gasteiger partial charge < -0.3 is 24.4 Å². The molecule has 0 spiro atoms. The quantitative estimate of drug-likeness (QED) is 0.524. The summed E-state index contributed by atoms with van der Waals surface area (Å²) in [5, 5.41) is 11.7. The van der Waals surface area contributed by atoms with Crippen molar-refractivity contribution in [1.82, 2.24) is 10.4 Å². The number of nitrogens with zero attached hydrogens (tertiary/aromatic N) is 1. The van der Waals surface area contributed by atoms with Crippen LogP contribution in [0.3, 0.4) is 0 Å². The van der Waals surface area contributed by atoms with E-state index >= 15 is 0 Å². The molecule has 1 atom stereocenters. The molecule has 1 aliphatic heterocycles. The first-order valence-corrected chi connectivity index (χ1v) is 8.97. The van der Waals surface area contributed by atoms with Crippen molar-refractivity contribution in [1.29, 1.82) is 0 Å². The zero-order valence-electron chi connectivity index (χ0n) is 16.2. The van der Waals surface area contributed by atoms with Crippen molar-refractivity contribution in [3.63, 3.8) is 0 Å². The molecular formula is C20H23N3O6. The van der Waals surface area contributed by atoms with Crippen LogP contribution in [0.25, 0.3) is 0 Å². The Hall–Kier alpha value is -3.30. The summed E-state index contributed by atoms with van der Waals surface area (Å²) in [7, 11) is 3.13. The van der Waals surface area contributed by atoms with Gasteiger partial charge in [-0.05, 0) is 36.4 Å². The van der Waals surface area contributed by atoms with Crippen LogP contribution in [0.15, 0.2) is 42.5 Å². The molecule has 0 bridgehead atoms. The van der Waals surface area contributed by atoms with Crippen molar-refractivity contribution < 1.29 is 29.0 Å². The molecule has 0 unspecified atom stereocenters. The fraction of sp³-hybridized carbons (Fsp3) is 0.300. The van der Waals surface area contributed by atoms with Gasteiger partial charge in [0.2, 0.25) is 0 Å². The van der Waals surface area contributed by atoms with Gasteiger partial charge in [-0.2, -0.15) is 0 Å². The van der Waals surface area contributed by atoms with Crippen LogP contribution in [0.1, 0.15) is 15.9 Å². The van der Waals surface area contributed by atoms with Gasteiger partial charge in [0.05, 0.1) is 26.8 Å². The summed E-state index contributed by atoms with van der Waals surface area (Å²) in [6.45, 7) is 0.854. The SMILES string of the molecule is COC[C@@H]1CN(C(=O)Nc2ccc(OC)cc2)Cc2ccc(C(=O)NO)cc2O1. The minimum absolute atomic E-state index is 0.249. The first kappa shape index (κ1) is 20.4. The van der Waals surface area contributed by atoms with Crippen LogP contribution < -0.4 is 20.3 Å². The monoisotopic (exact) mass is 401 g/mol. The Morgan fingerprint density at radius 2 is 1.97 bits per heavy atom. The molecule has 0 saturated heterocycles. The van der Waals surface area contributed by atoms with Crippen molar-refractivity contribution in [3.8, 4) is 11.5 Å². The van der Waals surface area contributed by atoms with Gasteiger partial charge in [-0.15, -0.1) is 0 Å². The second-order valence-corrected chi connectivity index (χ2v) is 6.50. The number of carbonyl (C=O) groups excluding carboxylic acids is 2. The highest BCUT2D eigenvalue weighted by molar-refractivity contribution is 5.94. The molecule has 0 fully saturated rings. The number of methoxy groups -OCH3 is 2. The second-order valence-electron chi connectivity index (χ2n) is 6.50. The van der Waals surface area contributed by atoms with Crippen LogP contribution in [-0.2, 0) is 11.3 Å². The molecule has 2 aromatic carbocycles. The molecule has 1 heterocycles. The first-order chi connectivity index (χ1) is 14.0. The van der Waals surface area contributed by atoms with Crippen LogP contribution in [0.5, 0.6) is 11.5 Å². The normalized spacial score (nSPS) is 15.6. The lowest BCUT2D eigenvalue weighted by molar-refractivity contribution is 0.0672. The van der Waals surface area contributed by atoms with Crippen LogP contribution in [0, 0.1) is 0 Å². The third kappa shape index (κ3) is 4.95. The topological polar surface area (TPSA) is 109 Å². The molecule has 29 heavy (non-hydrogen) atoms. The van der Waals surface area contributed by atoms with Crippen molar-refractivity contribution in [2.45, 2.75) is 12.6 Å². The number of rotatable bonds is 5. The summed E-state index contributed by atoms with van der Waals surface area (Å²) in [5.41, 5.74) is 3.23. The maximum absolute atomic E-state index is 12.8. The van der Waals surface area contributed by atoms with Gasteiger partial charge in [-0.1, -0.05) is 6.07 Å². The lowest BCUT2D eigenvalue weighted by Crippen LogP contribution is -2.41. The minimum atomic E-state index is -0.641. The molecule has 9 heteroatoms. The second kappa shape index (κ2) is 9.26. The Bertz CT molecular complexity index is 871. The van der Waals surface area contributed by atoms with E-state index in [1.165, 1.54) is 6.07 Å². The summed E-state index contributed by atoms with van der Waals surface area (Å²) in [4.78, 5) is 26.2. The molecule has 3 amide bonds. The van der Waals surface area contributed by atoms with Crippen molar-refractivity contribution in [3.05, 3.63) is 53.6 Å². The molecule has 9 nitrogen and oxygen atoms in total. The molecule has 154 valence electrons. The van der Waals surface area contributed by atoms with E-state index in [2.05, 4.69) is 5.32 Å². The maximum Gasteiger partial charge on any atom is 0.322 e. The van der Waals surface area contributed by atoms with Crippen LogP contribution in [-0.4, -0.2) is 55.5 Å². The van der Waals surface area contributed by atoms with Gasteiger partial charge in [0.25, 0.3) is 5.91 Å². The average Bonchev–Trinajstić information content (AvgIpc) is 2.92. The predicted octanol–water partition coefficient (Wildman–Crippen LogP) is 2.26. The van der Waals surface area contributed by atoms with Crippen molar-refractivity contribution in [2.24, 2.45) is 0 Å². The third-order valence-electron chi connectivity index (χ3n) is 4.49. The van der Waals surface area contributed by atoms with E-state index in [1.54, 1.807) is 61.0 Å². The zero-order chi connectivity index (χ0) is 20.8. The first-order valence-electron chi connectivity index (χ1n) is 8.97. The largest absolute Gasteiger partial charge is 0.497 e. The lowest BCUT2D eigenvalue weighted by atomic mass is 10.1. The predicted molar refractivity (Wildman–Crippen MR) is 104 cm³/mol. The van der Waals surface area contributed by atoms with E-state index in [-0.39, 0.29) is 18.2 Å². The molecule has 0 aliphatic carbocycles. The van der Waals surface area contributed by atoms with Gasteiger partial charge >= 0.3 is 6.03 Å². The number of benzene rings is 2. The molecule has 0 saturated carbocycles. The van der Waals surface area contributed by atoms with E-state index in [4.69, 9.17) is 19.4 Å². The van der Waals surface area contributed by atoms with E-state index in [0.29, 0.717) is 30.3 Å². The van der Waals surface area contributed by atoms with E-state index in [1.807, 2.05) is 0 Å². The summed E-state index contributed by atoms with van der Waals surface area (Å²) < 4.78 is 16.3. The standard InChI is InChI=1S/C20H23N3O6/c1-27-12-17-11-23(20(25)21-15-5-7-16(28-2)8-6-15)10-14-4-3-13(19(24)22-26)9-18(14)29-17/h3-9,17,26H,10-12H2,1-2H3,(H,21,25)(H,22,24)/t17-/m0/s1. The number of urea groups is 1. The highest BCUT2D eigenvalue weighted by Crippen LogP contribution is 2.27. The number of carbonyl (C=O) groups is 2. The Kier molecular flexibility index (Phi) is 6.53. The van der Waals surface area contributed by atoms with E-state index < -0.39 is 12.0 Å². The van der Waals surface area contributed by atoms with Gasteiger partial charge in [0.15, 0.2) is 0 Å². The highest BCUT2D eigenvalue weighted by atomic mass is 16.5. The Morgan fingerprint density at radius 1 is 1.21 bits per heavy atom. The summed E-state index contributed by atoms with van der Waals surface area (Å²) in [6, 6.07) is 11.5. The van der Waals surface area contributed by atoms with Gasteiger partial charge in [-0.3, -0.25) is 10.0 Å². The Balaban J connectivity index is 1.81. The molecule has 2 aromatic rings.